The fraction of sp³-hybridized carbons (Fsp3) is 0.875. The maximum atomic E-state index is 10.9. The zero-order valence-corrected chi connectivity index (χ0v) is 7.60. The molecule has 13 heavy (non-hydrogen) atoms. The summed E-state index contributed by atoms with van der Waals surface area (Å²) in [7, 11) is 0. The van der Waals surface area contributed by atoms with Crippen LogP contribution in [0.4, 0.5) is 0 Å². The molecule has 0 spiro atoms. The number of nitrogens with one attached hydrogen (secondary N) is 4. The third-order valence-electron chi connectivity index (χ3n) is 2.60. The van der Waals surface area contributed by atoms with Gasteiger partial charge in [-0.25, -0.2) is 0 Å². The van der Waals surface area contributed by atoms with E-state index in [-0.39, 0.29) is 5.91 Å². The normalized spacial score (nSPS) is 35.5. The summed E-state index contributed by atoms with van der Waals surface area (Å²) < 4.78 is 0. The fourth-order valence-corrected chi connectivity index (χ4v) is 1.83. The van der Waals surface area contributed by atoms with Crippen LogP contribution >= 0.6 is 0 Å². The van der Waals surface area contributed by atoms with Gasteiger partial charge in [-0.15, -0.1) is 0 Å². The van der Waals surface area contributed by atoms with E-state index in [2.05, 4.69) is 21.3 Å². The van der Waals surface area contributed by atoms with Gasteiger partial charge in [0, 0.05) is 38.3 Å². The Morgan fingerprint density at radius 1 is 1.08 bits per heavy atom. The second-order valence-corrected chi connectivity index (χ2v) is 3.56. The van der Waals surface area contributed by atoms with Crippen molar-refractivity contribution in [2.45, 2.75) is 12.1 Å². The summed E-state index contributed by atoms with van der Waals surface area (Å²) in [6.45, 7) is 4.21. The van der Waals surface area contributed by atoms with E-state index in [4.69, 9.17) is 0 Å². The van der Waals surface area contributed by atoms with Crippen molar-refractivity contribution < 1.29 is 4.79 Å². The monoisotopic (exact) mass is 184 g/mol. The Morgan fingerprint density at radius 2 is 1.92 bits per heavy atom. The van der Waals surface area contributed by atoms with E-state index >= 15 is 0 Å². The second kappa shape index (κ2) is 4.04. The van der Waals surface area contributed by atoms with Crippen LogP contribution in [0.25, 0.3) is 0 Å². The molecule has 5 nitrogen and oxygen atoms in total. The highest BCUT2D eigenvalue weighted by Gasteiger charge is 2.26. The molecule has 2 rings (SSSR count). The zero-order chi connectivity index (χ0) is 9.10. The third kappa shape index (κ3) is 2.18. The van der Waals surface area contributed by atoms with E-state index in [1.54, 1.807) is 0 Å². The van der Waals surface area contributed by atoms with Gasteiger partial charge in [0.15, 0.2) is 0 Å². The van der Waals surface area contributed by atoms with Crippen LogP contribution < -0.4 is 21.3 Å². The molecular formula is C8H16N4O. The Balaban J connectivity index is 1.82. The van der Waals surface area contributed by atoms with Gasteiger partial charge in [-0.1, -0.05) is 0 Å². The van der Waals surface area contributed by atoms with Gasteiger partial charge in [0.05, 0.1) is 6.54 Å². The highest BCUT2D eigenvalue weighted by molar-refractivity contribution is 5.78. The van der Waals surface area contributed by atoms with Gasteiger partial charge in [-0.2, -0.15) is 0 Å². The Morgan fingerprint density at radius 3 is 2.54 bits per heavy atom. The third-order valence-corrected chi connectivity index (χ3v) is 2.60. The standard InChI is InChI=1S/C8H16N4O/c13-8-5-11-7(4-12-8)6-3-9-1-2-10-6/h6-7,9-11H,1-5H2,(H,12,13). The van der Waals surface area contributed by atoms with Crippen molar-refractivity contribution in [1.82, 2.24) is 21.3 Å². The van der Waals surface area contributed by atoms with Crippen LogP contribution in [0.15, 0.2) is 0 Å². The van der Waals surface area contributed by atoms with Gasteiger partial charge in [0.25, 0.3) is 0 Å². The summed E-state index contributed by atoms with van der Waals surface area (Å²) in [5, 5.41) is 12.8. The Hall–Kier alpha value is -0.650. The van der Waals surface area contributed by atoms with Gasteiger partial charge in [-0.3, -0.25) is 4.79 Å². The van der Waals surface area contributed by atoms with E-state index < -0.39 is 0 Å². The molecule has 2 atom stereocenters. The number of carbonyl (C=O) groups is 1. The van der Waals surface area contributed by atoms with Crippen LogP contribution in [0.1, 0.15) is 0 Å². The second-order valence-electron chi connectivity index (χ2n) is 3.56. The quantitative estimate of drug-likeness (QED) is 0.368. The SMILES string of the molecule is O=C1CNC(C2CNCCN2)CN1. The maximum absolute atomic E-state index is 10.9. The minimum atomic E-state index is 0.0972. The summed E-state index contributed by atoms with van der Waals surface area (Å²) in [5.41, 5.74) is 0. The molecule has 0 aromatic heterocycles. The lowest BCUT2D eigenvalue weighted by Crippen LogP contribution is -2.64. The van der Waals surface area contributed by atoms with Crippen molar-refractivity contribution in [3.63, 3.8) is 0 Å². The van der Waals surface area contributed by atoms with Crippen molar-refractivity contribution in [3.05, 3.63) is 0 Å². The topological polar surface area (TPSA) is 65.2 Å². The molecule has 2 aliphatic heterocycles. The molecule has 2 fully saturated rings. The Labute approximate surface area is 77.6 Å². The van der Waals surface area contributed by atoms with Gasteiger partial charge < -0.3 is 21.3 Å². The molecule has 0 saturated carbocycles. The van der Waals surface area contributed by atoms with Gasteiger partial charge in [-0.05, 0) is 0 Å². The van der Waals surface area contributed by atoms with Crippen molar-refractivity contribution in [2.75, 3.05) is 32.7 Å². The molecule has 2 aliphatic rings. The Bertz CT molecular complexity index is 181. The lowest BCUT2D eigenvalue weighted by Gasteiger charge is -2.34. The molecule has 2 heterocycles. The first-order valence-corrected chi connectivity index (χ1v) is 4.80. The summed E-state index contributed by atoms with van der Waals surface area (Å²) in [4.78, 5) is 10.9. The molecule has 4 N–H and O–H groups in total. The van der Waals surface area contributed by atoms with E-state index in [9.17, 15) is 4.79 Å². The van der Waals surface area contributed by atoms with Crippen LogP contribution in [0.3, 0.4) is 0 Å². The van der Waals surface area contributed by atoms with E-state index in [1.807, 2.05) is 0 Å². The van der Waals surface area contributed by atoms with Crippen molar-refractivity contribution in [3.8, 4) is 0 Å². The van der Waals surface area contributed by atoms with Gasteiger partial charge >= 0.3 is 0 Å². The number of hydrogen-bond acceptors (Lipinski definition) is 4. The molecule has 5 heteroatoms. The van der Waals surface area contributed by atoms with Gasteiger partial charge in [0.1, 0.15) is 0 Å². The summed E-state index contributed by atoms with van der Waals surface area (Å²) in [6, 6.07) is 0.805. The van der Waals surface area contributed by atoms with Gasteiger partial charge in [0.2, 0.25) is 5.91 Å². The van der Waals surface area contributed by atoms with Crippen molar-refractivity contribution in [1.29, 1.82) is 0 Å². The summed E-state index contributed by atoms with van der Waals surface area (Å²) in [5.74, 6) is 0.0972. The molecule has 2 unspecified atom stereocenters. The first-order chi connectivity index (χ1) is 6.36. The average Bonchev–Trinajstić information content (AvgIpc) is 2.20. The number of carbonyl (C=O) groups excluding carboxylic acids is 1. The van der Waals surface area contributed by atoms with Crippen molar-refractivity contribution in [2.24, 2.45) is 0 Å². The average molecular weight is 184 g/mol. The molecular weight excluding hydrogens is 168 g/mol. The number of amides is 1. The molecule has 0 aromatic carbocycles. The number of piperazine rings is 2. The smallest absolute Gasteiger partial charge is 0.234 e. The van der Waals surface area contributed by atoms with Crippen LogP contribution in [-0.2, 0) is 4.79 Å². The number of hydrogen-bond donors (Lipinski definition) is 4. The lowest BCUT2D eigenvalue weighted by atomic mass is 10.1. The fourth-order valence-electron chi connectivity index (χ4n) is 1.83. The predicted molar refractivity (Wildman–Crippen MR) is 49.5 cm³/mol. The van der Waals surface area contributed by atoms with E-state index in [1.165, 1.54) is 0 Å². The molecule has 74 valence electrons. The molecule has 0 bridgehead atoms. The van der Waals surface area contributed by atoms with Crippen LogP contribution in [0, 0.1) is 0 Å². The summed E-state index contributed by atoms with van der Waals surface area (Å²) >= 11 is 0. The van der Waals surface area contributed by atoms with Crippen LogP contribution in [0.2, 0.25) is 0 Å². The van der Waals surface area contributed by atoms with Crippen LogP contribution in [-0.4, -0.2) is 50.7 Å². The summed E-state index contributed by atoms with van der Waals surface area (Å²) in [6.07, 6.45) is 0. The Kier molecular flexibility index (Phi) is 2.77. The first-order valence-electron chi connectivity index (χ1n) is 4.80. The van der Waals surface area contributed by atoms with Crippen LogP contribution in [0.5, 0.6) is 0 Å². The van der Waals surface area contributed by atoms with E-state index in [0.717, 1.165) is 26.2 Å². The highest BCUT2D eigenvalue weighted by atomic mass is 16.2. The highest BCUT2D eigenvalue weighted by Crippen LogP contribution is 1.97. The maximum Gasteiger partial charge on any atom is 0.234 e. The van der Waals surface area contributed by atoms with E-state index in [0.29, 0.717) is 18.6 Å². The minimum Gasteiger partial charge on any atom is -0.353 e. The lowest BCUT2D eigenvalue weighted by molar-refractivity contribution is -0.121. The van der Waals surface area contributed by atoms with Crippen molar-refractivity contribution >= 4 is 5.91 Å². The molecule has 2 saturated heterocycles. The largest absolute Gasteiger partial charge is 0.353 e. The molecule has 0 radical (unpaired) electrons. The molecule has 1 amide bonds. The number of rotatable bonds is 1. The molecule has 0 aliphatic carbocycles. The first kappa shape index (κ1) is 8.93. The molecule has 0 aromatic rings. The predicted octanol–water partition coefficient (Wildman–Crippen LogP) is -2.36. The zero-order valence-electron chi connectivity index (χ0n) is 7.60. The minimum absolute atomic E-state index is 0.0972.